The van der Waals surface area contributed by atoms with Crippen molar-refractivity contribution in [3.8, 4) is 0 Å². The third kappa shape index (κ3) is 6.22. The lowest BCUT2D eigenvalue weighted by Gasteiger charge is -2.08. The number of nitrogens with two attached hydrogens (primary N) is 1. The minimum absolute atomic E-state index is 0.106. The molecule has 5 heteroatoms. The predicted molar refractivity (Wildman–Crippen MR) is 74.3 cm³/mol. The van der Waals surface area contributed by atoms with E-state index in [4.69, 9.17) is 20.4 Å². The normalized spacial score (nSPS) is 12.1. The quantitative estimate of drug-likeness (QED) is 0.248. The van der Waals surface area contributed by atoms with Crippen LogP contribution in [-0.4, -0.2) is 30.9 Å². The second kappa shape index (κ2) is 8.50. The van der Waals surface area contributed by atoms with E-state index in [0.717, 1.165) is 12.2 Å². The van der Waals surface area contributed by atoms with Gasteiger partial charge in [0.05, 0.1) is 19.8 Å². The van der Waals surface area contributed by atoms with Crippen LogP contribution in [0.2, 0.25) is 0 Å². The molecule has 0 bridgehead atoms. The van der Waals surface area contributed by atoms with E-state index in [1.807, 2.05) is 12.1 Å². The van der Waals surface area contributed by atoms with Crippen molar-refractivity contribution in [1.29, 1.82) is 0 Å². The summed E-state index contributed by atoms with van der Waals surface area (Å²) in [5, 5.41) is 11.5. The summed E-state index contributed by atoms with van der Waals surface area (Å²) in [5.41, 5.74) is 7.20. The number of amidine groups is 1. The van der Waals surface area contributed by atoms with E-state index < -0.39 is 0 Å². The van der Waals surface area contributed by atoms with Gasteiger partial charge in [0.2, 0.25) is 0 Å². The minimum Gasteiger partial charge on any atom is -0.409 e. The van der Waals surface area contributed by atoms with Gasteiger partial charge in [-0.05, 0) is 11.5 Å². The van der Waals surface area contributed by atoms with Gasteiger partial charge in [-0.3, -0.25) is 0 Å². The van der Waals surface area contributed by atoms with E-state index in [2.05, 4.69) is 19.0 Å². The molecule has 5 nitrogen and oxygen atoms in total. The van der Waals surface area contributed by atoms with Gasteiger partial charge in [0.25, 0.3) is 0 Å². The molecule has 0 fully saturated rings. The number of hydrogen-bond acceptors (Lipinski definition) is 4. The molecule has 3 N–H and O–H groups in total. The van der Waals surface area contributed by atoms with E-state index in [0.29, 0.717) is 31.3 Å². The summed E-state index contributed by atoms with van der Waals surface area (Å²) in [6.45, 7) is 6.71. The molecule has 1 aromatic carbocycles. The average molecular weight is 266 g/mol. The first kappa shape index (κ1) is 15.5. The number of benzene rings is 1. The van der Waals surface area contributed by atoms with Crippen molar-refractivity contribution in [1.82, 2.24) is 0 Å². The summed E-state index contributed by atoms with van der Waals surface area (Å²) in [4.78, 5) is 0. The van der Waals surface area contributed by atoms with E-state index in [-0.39, 0.29) is 5.84 Å². The largest absolute Gasteiger partial charge is 0.409 e. The monoisotopic (exact) mass is 266 g/mol. The van der Waals surface area contributed by atoms with Crippen molar-refractivity contribution >= 4 is 5.84 Å². The van der Waals surface area contributed by atoms with Crippen molar-refractivity contribution in [2.24, 2.45) is 16.8 Å². The molecule has 0 aromatic heterocycles. The van der Waals surface area contributed by atoms with Crippen molar-refractivity contribution < 1.29 is 14.7 Å². The van der Waals surface area contributed by atoms with Crippen LogP contribution in [0.1, 0.15) is 25.0 Å². The Balaban J connectivity index is 2.23. The van der Waals surface area contributed by atoms with Crippen LogP contribution >= 0.6 is 0 Å². The van der Waals surface area contributed by atoms with Gasteiger partial charge in [0, 0.05) is 12.2 Å². The molecule has 0 unspecified atom stereocenters. The Morgan fingerprint density at radius 2 is 1.84 bits per heavy atom. The summed E-state index contributed by atoms with van der Waals surface area (Å²) in [5.74, 6) is 0.653. The maximum Gasteiger partial charge on any atom is 0.170 e. The maximum atomic E-state index is 8.54. The van der Waals surface area contributed by atoms with Crippen molar-refractivity contribution in [3.05, 3.63) is 35.4 Å². The second-order valence-electron chi connectivity index (χ2n) is 4.70. The van der Waals surface area contributed by atoms with Crippen LogP contribution in [0.25, 0.3) is 0 Å². The van der Waals surface area contributed by atoms with Gasteiger partial charge in [-0.2, -0.15) is 0 Å². The molecular weight excluding hydrogens is 244 g/mol. The molecule has 0 aliphatic rings. The second-order valence-corrected chi connectivity index (χ2v) is 4.70. The van der Waals surface area contributed by atoms with Gasteiger partial charge in [0.1, 0.15) is 0 Å². The minimum atomic E-state index is 0.106. The molecular formula is C14H22N2O3. The Labute approximate surface area is 114 Å². The first-order valence-electron chi connectivity index (χ1n) is 6.35. The number of ether oxygens (including phenoxy) is 2. The fourth-order valence-electron chi connectivity index (χ4n) is 1.46. The topological polar surface area (TPSA) is 77.1 Å². The van der Waals surface area contributed by atoms with Gasteiger partial charge >= 0.3 is 0 Å². The van der Waals surface area contributed by atoms with E-state index >= 15 is 0 Å². The Morgan fingerprint density at radius 1 is 1.21 bits per heavy atom. The number of hydrogen-bond donors (Lipinski definition) is 2. The van der Waals surface area contributed by atoms with Crippen molar-refractivity contribution in [3.63, 3.8) is 0 Å². The van der Waals surface area contributed by atoms with Gasteiger partial charge in [-0.15, -0.1) is 0 Å². The molecule has 106 valence electrons. The molecule has 19 heavy (non-hydrogen) atoms. The first-order chi connectivity index (χ1) is 9.13. The van der Waals surface area contributed by atoms with Crippen LogP contribution < -0.4 is 5.73 Å². The van der Waals surface area contributed by atoms with E-state index in [1.54, 1.807) is 12.1 Å². The van der Waals surface area contributed by atoms with Gasteiger partial charge in [-0.1, -0.05) is 43.3 Å². The van der Waals surface area contributed by atoms with E-state index in [9.17, 15) is 0 Å². The average Bonchev–Trinajstić information content (AvgIpc) is 2.42. The van der Waals surface area contributed by atoms with Crippen LogP contribution in [0.15, 0.2) is 29.4 Å². The van der Waals surface area contributed by atoms with Crippen LogP contribution in [0.3, 0.4) is 0 Å². The van der Waals surface area contributed by atoms with Gasteiger partial charge < -0.3 is 20.4 Å². The summed E-state index contributed by atoms with van der Waals surface area (Å²) in [6, 6.07) is 7.37. The highest BCUT2D eigenvalue weighted by Gasteiger charge is 1.99. The van der Waals surface area contributed by atoms with Crippen molar-refractivity contribution in [2.75, 3.05) is 19.8 Å². The highest BCUT2D eigenvalue weighted by Crippen LogP contribution is 2.05. The van der Waals surface area contributed by atoms with Gasteiger partial charge in [-0.25, -0.2) is 0 Å². The Morgan fingerprint density at radius 3 is 2.42 bits per heavy atom. The molecule has 0 heterocycles. The molecule has 1 rings (SSSR count). The summed E-state index contributed by atoms with van der Waals surface area (Å²) in [7, 11) is 0. The Kier molecular flexibility index (Phi) is 6.92. The molecule has 0 spiro atoms. The molecule has 1 aromatic rings. The zero-order valence-electron chi connectivity index (χ0n) is 11.5. The van der Waals surface area contributed by atoms with Crippen LogP contribution in [0, 0.1) is 5.92 Å². The predicted octanol–water partition coefficient (Wildman–Crippen LogP) is 1.97. The molecule has 0 saturated carbocycles. The van der Waals surface area contributed by atoms with Crippen molar-refractivity contribution in [2.45, 2.75) is 20.5 Å². The lowest BCUT2D eigenvalue weighted by molar-refractivity contribution is 0.0314. The fourth-order valence-corrected chi connectivity index (χ4v) is 1.46. The van der Waals surface area contributed by atoms with Crippen LogP contribution in [0.5, 0.6) is 0 Å². The summed E-state index contributed by atoms with van der Waals surface area (Å²) in [6.07, 6.45) is 0. The highest BCUT2D eigenvalue weighted by atomic mass is 16.5. The van der Waals surface area contributed by atoms with Crippen LogP contribution in [0.4, 0.5) is 0 Å². The number of rotatable bonds is 8. The molecule has 0 aliphatic heterocycles. The fraction of sp³-hybridized carbons (Fsp3) is 0.500. The number of nitrogens with zero attached hydrogens (tertiary/aromatic N) is 1. The number of oxime groups is 1. The standard InChI is InChI=1S/C14H22N2O3/c1-11(2)9-18-7-8-19-10-12-3-5-13(6-4-12)14(15)16-17/h3-6,11,17H,7-10H2,1-2H3,(H2,15,16). The molecule has 0 saturated heterocycles. The molecule has 0 amide bonds. The zero-order chi connectivity index (χ0) is 14.1. The zero-order valence-corrected chi connectivity index (χ0v) is 11.5. The Bertz CT molecular complexity index is 388. The SMILES string of the molecule is CC(C)COCCOCc1ccc(/C(N)=N/O)cc1. The lowest BCUT2D eigenvalue weighted by Crippen LogP contribution is -2.13. The smallest absolute Gasteiger partial charge is 0.170 e. The molecule has 0 radical (unpaired) electrons. The molecule has 0 atom stereocenters. The summed E-state index contributed by atoms with van der Waals surface area (Å²) < 4.78 is 10.9. The lowest BCUT2D eigenvalue weighted by atomic mass is 10.1. The van der Waals surface area contributed by atoms with Crippen LogP contribution in [-0.2, 0) is 16.1 Å². The third-order valence-electron chi connectivity index (χ3n) is 2.45. The first-order valence-corrected chi connectivity index (χ1v) is 6.35. The highest BCUT2D eigenvalue weighted by molar-refractivity contribution is 5.96. The third-order valence-corrected chi connectivity index (χ3v) is 2.45. The van der Waals surface area contributed by atoms with E-state index in [1.165, 1.54) is 0 Å². The molecule has 0 aliphatic carbocycles. The summed E-state index contributed by atoms with van der Waals surface area (Å²) >= 11 is 0. The Hall–Kier alpha value is -1.59. The van der Waals surface area contributed by atoms with Gasteiger partial charge in [0.15, 0.2) is 5.84 Å². The maximum absolute atomic E-state index is 8.54.